The Balaban J connectivity index is 0.000000307. The molecule has 14 heteroatoms. The van der Waals surface area contributed by atoms with Crippen LogP contribution in [0.15, 0.2) is 146 Å². The van der Waals surface area contributed by atoms with Crippen LogP contribution >= 0.6 is 0 Å². The summed E-state index contributed by atoms with van der Waals surface area (Å²) in [6.07, 6.45) is 7.67. The van der Waals surface area contributed by atoms with Crippen molar-refractivity contribution < 1.29 is 50.3 Å². The standard InChI is InChI=1S/2C18H15NO3.3C4H8O.O.2Sb/c2*20-16-10-4-1-7-13(16)19(14-8-2-5-11-17(14)21)15-9-3-6-12-18(15)22;3*1-2-4-5-3-1;;;/h2*1-12,20-22H;3*1-4H2;;;/q;;;;;-2;2*+3/p-4. The number of ether oxygens (including phenoxy) is 3. The number of phenols is 2. The summed E-state index contributed by atoms with van der Waals surface area (Å²) in [4.78, 5) is 2.97. The van der Waals surface area contributed by atoms with Gasteiger partial charge in [-0.2, -0.15) is 0 Å². The van der Waals surface area contributed by atoms with Crippen molar-refractivity contribution in [3.05, 3.63) is 146 Å². The molecule has 3 saturated heterocycles. The molecule has 0 bridgehead atoms. The van der Waals surface area contributed by atoms with Crippen molar-refractivity contribution in [2.75, 3.05) is 49.4 Å². The van der Waals surface area contributed by atoms with Gasteiger partial charge in [-0.25, -0.2) is 0 Å². The van der Waals surface area contributed by atoms with E-state index >= 15 is 0 Å². The number of rotatable bonds is 6. The van der Waals surface area contributed by atoms with E-state index in [-0.39, 0.29) is 88.8 Å². The van der Waals surface area contributed by atoms with Crippen molar-refractivity contribution >= 4 is 83.0 Å². The van der Waals surface area contributed by atoms with E-state index in [1.807, 2.05) is 0 Å². The molecule has 9 rings (SSSR count). The molecule has 0 aliphatic carbocycles. The quantitative estimate of drug-likeness (QED) is 0.157. The fraction of sp³-hybridized carbons (Fsp3) is 0.250. The van der Waals surface area contributed by atoms with Gasteiger partial charge >= 0.3 is 48.9 Å². The summed E-state index contributed by atoms with van der Waals surface area (Å²) in [5.41, 5.74) is 2.02. The Hall–Kier alpha value is -4.80. The van der Waals surface area contributed by atoms with Crippen molar-refractivity contribution in [3.63, 3.8) is 0 Å². The molecule has 4 radical (unpaired) electrons. The molecule has 3 aliphatic heterocycles. The molecule has 3 fully saturated rings. The summed E-state index contributed by atoms with van der Waals surface area (Å²) in [6, 6.07) is 38.8. The topological polar surface area (TPSA) is 195 Å². The molecule has 0 saturated carbocycles. The van der Waals surface area contributed by atoms with Crippen LogP contribution in [0.2, 0.25) is 0 Å². The van der Waals surface area contributed by atoms with E-state index in [4.69, 9.17) is 14.2 Å². The SMILES string of the molecule is C1CCOC1.C1CCOC1.C1CCOC1.[O-2].[O-]c1ccccc1N(c1ccccc1[O-])c1ccccc1O.[O-]c1ccccc1N(c1ccccc1[O-])c1ccccc1O.[Sb+3].[Sb+3]. The van der Waals surface area contributed by atoms with E-state index in [1.165, 1.54) is 84.7 Å². The molecule has 6 aromatic carbocycles. The number of phenolic OH excluding ortho intramolecular Hbond substituents is 2. The summed E-state index contributed by atoms with van der Waals surface area (Å²) in [6.45, 7) is 6.00. The average Bonchev–Trinajstić information content (AvgIpc) is 4.11. The number of hydrogen-bond acceptors (Lipinski definition) is 11. The minimum Gasteiger partial charge on any atom is -2.00 e. The zero-order valence-electron chi connectivity index (χ0n) is 34.3. The van der Waals surface area contributed by atoms with Gasteiger partial charge in [0.25, 0.3) is 0 Å². The Kier molecular flexibility index (Phi) is 25.4. The molecule has 0 aromatic heterocycles. The Morgan fingerprint density at radius 3 is 0.694 bits per heavy atom. The summed E-state index contributed by atoms with van der Waals surface area (Å²) < 4.78 is 14.8. The predicted molar refractivity (Wildman–Crippen MR) is 236 cm³/mol. The van der Waals surface area contributed by atoms with Crippen LogP contribution in [0.1, 0.15) is 38.5 Å². The third kappa shape index (κ3) is 16.1. The molecule has 2 N–H and O–H groups in total. The van der Waals surface area contributed by atoms with E-state index < -0.39 is 0 Å². The van der Waals surface area contributed by atoms with E-state index in [1.54, 1.807) is 109 Å². The number of hydrogen-bond donors (Lipinski definition) is 2. The molecule has 3 aliphatic rings. The summed E-state index contributed by atoms with van der Waals surface area (Å²) in [5.74, 6) is -0.922. The Labute approximate surface area is 398 Å². The normalized spacial score (nSPS) is 13.2. The van der Waals surface area contributed by atoms with Crippen LogP contribution in [-0.2, 0) is 19.7 Å². The van der Waals surface area contributed by atoms with E-state index in [0.717, 1.165) is 39.6 Å². The zero-order valence-corrected chi connectivity index (χ0v) is 39.4. The summed E-state index contributed by atoms with van der Waals surface area (Å²) >= 11 is 0. The van der Waals surface area contributed by atoms with E-state index in [9.17, 15) is 30.6 Å². The van der Waals surface area contributed by atoms with Crippen LogP contribution in [0.25, 0.3) is 0 Å². The van der Waals surface area contributed by atoms with Crippen molar-refractivity contribution in [1.82, 2.24) is 0 Å². The van der Waals surface area contributed by atoms with Crippen molar-refractivity contribution in [2.45, 2.75) is 38.5 Å². The van der Waals surface area contributed by atoms with E-state index in [2.05, 4.69) is 0 Å². The van der Waals surface area contributed by atoms with Gasteiger partial charge in [-0.15, -0.1) is 0 Å². The second kappa shape index (κ2) is 29.5. The van der Waals surface area contributed by atoms with Gasteiger partial charge in [-0.1, -0.05) is 120 Å². The molecule has 0 amide bonds. The zero-order chi connectivity index (χ0) is 41.7. The third-order valence-electron chi connectivity index (χ3n) is 9.15. The average molecular weight is 1060 g/mol. The number of benzene rings is 6. The molecular weight excluding hydrogens is 1010 g/mol. The first-order valence-corrected chi connectivity index (χ1v) is 19.8. The molecule has 6 aromatic rings. The number of aromatic hydroxyl groups is 2. The van der Waals surface area contributed by atoms with Crippen molar-refractivity contribution in [1.29, 1.82) is 0 Å². The van der Waals surface area contributed by atoms with Crippen LogP contribution in [0.5, 0.6) is 34.5 Å². The Morgan fingerprint density at radius 2 is 0.516 bits per heavy atom. The number of para-hydroxylation sites is 12. The molecule has 3 heterocycles. The second-order valence-corrected chi connectivity index (χ2v) is 13.5. The smallest absolute Gasteiger partial charge is 2.00 e. The van der Waals surface area contributed by atoms with E-state index in [0.29, 0.717) is 34.1 Å². The fourth-order valence-corrected chi connectivity index (χ4v) is 6.18. The second-order valence-electron chi connectivity index (χ2n) is 13.5. The van der Waals surface area contributed by atoms with Gasteiger partial charge in [0.1, 0.15) is 11.5 Å². The van der Waals surface area contributed by atoms with Gasteiger partial charge in [0.15, 0.2) is 0 Å². The van der Waals surface area contributed by atoms with Crippen LogP contribution in [0.3, 0.4) is 0 Å². The van der Waals surface area contributed by atoms with Crippen LogP contribution in [0.4, 0.5) is 34.1 Å². The molecular formula is C48H50N2O10Sb2. The molecule has 0 spiro atoms. The number of anilines is 6. The first-order chi connectivity index (χ1) is 28.9. The maximum Gasteiger partial charge on any atom is 3.00 e. The minimum absolute atomic E-state index is 0. The van der Waals surface area contributed by atoms with Crippen LogP contribution in [0, 0.1) is 0 Å². The summed E-state index contributed by atoms with van der Waals surface area (Å²) in [5, 5.41) is 69.1. The maximum absolute atomic E-state index is 12.2. The molecule has 12 nitrogen and oxygen atoms in total. The van der Waals surface area contributed by atoms with Crippen LogP contribution in [-0.4, -0.2) is 98.7 Å². The predicted octanol–water partition coefficient (Wildman–Crippen LogP) is 7.53. The van der Waals surface area contributed by atoms with Gasteiger partial charge in [0, 0.05) is 62.4 Å². The minimum atomic E-state index is -0.228. The maximum atomic E-state index is 12.2. The van der Waals surface area contributed by atoms with Gasteiger partial charge in [0.2, 0.25) is 0 Å². The first kappa shape index (κ1) is 53.3. The van der Waals surface area contributed by atoms with Gasteiger partial charge < -0.3 is 60.1 Å². The van der Waals surface area contributed by atoms with Gasteiger partial charge in [0.05, 0.1) is 11.4 Å². The monoisotopic (exact) mass is 1060 g/mol. The first-order valence-electron chi connectivity index (χ1n) is 19.8. The Morgan fingerprint density at radius 1 is 0.323 bits per heavy atom. The van der Waals surface area contributed by atoms with Gasteiger partial charge in [-0.05, 0) is 87.1 Å². The van der Waals surface area contributed by atoms with Crippen LogP contribution < -0.4 is 30.2 Å². The van der Waals surface area contributed by atoms with Gasteiger partial charge in [-0.3, -0.25) is 0 Å². The largest absolute Gasteiger partial charge is 3.00 e. The fourth-order valence-electron chi connectivity index (χ4n) is 6.18. The number of nitrogens with zero attached hydrogens (tertiary/aromatic N) is 2. The molecule has 0 atom stereocenters. The molecule has 322 valence electrons. The molecule has 0 unspecified atom stereocenters. The summed E-state index contributed by atoms with van der Waals surface area (Å²) in [7, 11) is 0. The Bertz CT molecular complexity index is 1750. The van der Waals surface area contributed by atoms with Crippen molar-refractivity contribution in [2.24, 2.45) is 0 Å². The molecule has 62 heavy (non-hydrogen) atoms. The van der Waals surface area contributed by atoms with Crippen molar-refractivity contribution in [3.8, 4) is 34.5 Å². The third-order valence-corrected chi connectivity index (χ3v) is 9.15.